The number of urea groups is 1. The number of benzene rings is 1. The van der Waals surface area contributed by atoms with Crippen LogP contribution >= 0.6 is 0 Å². The van der Waals surface area contributed by atoms with Gasteiger partial charge in [0.1, 0.15) is 6.04 Å². The van der Waals surface area contributed by atoms with E-state index in [0.717, 1.165) is 0 Å². The molecule has 3 amide bonds. The number of rotatable bonds is 5. The van der Waals surface area contributed by atoms with Gasteiger partial charge < -0.3 is 21.5 Å². The zero-order valence-electron chi connectivity index (χ0n) is 11.3. The molecule has 0 radical (unpaired) electrons. The van der Waals surface area contributed by atoms with E-state index in [2.05, 4.69) is 10.6 Å². The molecule has 1 aromatic rings. The van der Waals surface area contributed by atoms with Gasteiger partial charge in [-0.05, 0) is 24.0 Å². The van der Waals surface area contributed by atoms with Crippen molar-refractivity contribution in [2.45, 2.75) is 31.3 Å². The minimum absolute atomic E-state index is 0.0783. The van der Waals surface area contributed by atoms with Crippen molar-refractivity contribution < 1.29 is 19.5 Å². The van der Waals surface area contributed by atoms with Crippen molar-refractivity contribution in [3.05, 3.63) is 35.4 Å². The van der Waals surface area contributed by atoms with Gasteiger partial charge in [-0.2, -0.15) is 0 Å². The van der Waals surface area contributed by atoms with Gasteiger partial charge >= 0.3 is 12.0 Å². The van der Waals surface area contributed by atoms with Crippen molar-refractivity contribution in [3.63, 3.8) is 0 Å². The average molecular weight is 291 g/mol. The molecule has 112 valence electrons. The van der Waals surface area contributed by atoms with Gasteiger partial charge in [-0.1, -0.05) is 24.3 Å². The Morgan fingerprint density at radius 3 is 2.29 bits per heavy atom. The number of fused-ring (bicyclic) bond motifs is 1. The number of carboxylic acid groups (broad SMARTS) is 1. The van der Waals surface area contributed by atoms with Gasteiger partial charge in [0.2, 0.25) is 5.91 Å². The molecule has 1 aliphatic rings. The summed E-state index contributed by atoms with van der Waals surface area (Å²) in [4.78, 5) is 33.5. The Bertz CT molecular complexity index is 548. The lowest BCUT2D eigenvalue weighted by atomic mass is 10.1. The molecule has 7 heteroatoms. The van der Waals surface area contributed by atoms with Crippen LogP contribution < -0.4 is 16.4 Å². The summed E-state index contributed by atoms with van der Waals surface area (Å²) < 4.78 is 0. The highest BCUT2D eigenvalue weighted by molar-refractivity contribution is 5.87. The maximum Gasteiger partial charge on any atom is 0.326 e. The molecule has 1 aliphatic carbocycles. The van der Waals surface area contributed by atoms with E-state index in [1.807, 2.05) is 24.3 Å². The van der Waals surface area contributed by atoms with Crippen LogP contribution in [0.1, 0.15) is 17.5 Å². The van der Waals surface area contributed by atoms with E-state index in [-0.39, 0.29) is 6.04 Å². The number of carboxylic acids is 1. The van der Waals surface area contributed by atoms with Gasteiger partial charge in [0, 0.05) is 6.04 Å². The fraction of sp³-hybridized carbons (Fsp3) is 0.357. The molecule has 0 aromatic heterocycles. The number of hydrogen-bond acceptors (Lipinski definition) is 3. The lowest BCUT2D eigenvalue weighted by Gasteiger charge is -2.16. The summed E-state index contributed by atoms with van der Waals surface area (Å²) in [6.45, 7) is 0. The predicted octanol–water partition coefficient (Wildman–Crippen LogP) is -0.218. The molecule has 0 bridgehead atoms. The second-order valence-electron chi connectivity index (χ2n) is 5.05. The Morgan fingerprint density at radius 1 is 1.24 bits per heavy atom. The lowest BCUT2D eigenvalue weighted by Crippen LogP contribution is -2.50. The number of carbonyl (C=O) groups is 3. The first-order valence-electron chi connectivity index (χ1n) is 6.60. The van der Waals surface area contributed by atoms with E-state index in [1.165, 1.54) is 11.1 Å². The Kier molecular flexibility index (Phi) is 4.42. The molecule has 0 fully saturated rings. The lowest BCUT2D eigenvalue weighted by molar-refractivity contribution is -0.140. The topological polar surface area (TPSA) is 122 Å². The van der Waals surface area contributed by atoms with Gasteiger partial charge in [-0.3, -0.25) is 4.79 Å². The second-order valence-corrected chi connectivity index (χ2v) is 5.05. The van der Waals surface area contributed by atoms with Gasteiger partial charge in [-0.15, -0.1) is 0 Å². The summed E-state index contributed by atoms with van der Waals surface area (Å²) in [5, 5.41) is 13.9. The molecule has 0 heterocycles. The highest BCUT2D eigenvalue weighted by atomic mass is 16.4. The standard InChI is InChI=1S/C14H17N3O4/c15-12(18)7-11(13(19)20)17-14(21)16-10-5-8-3-1-2-4-9(8)6-10/h1-4,10-11H,5-7H2,(H2,15,18)(H,19,20)(H2,16,17,21)/t11-/m1/s1. The van der Waals surface area contributed by atoms with Crippen LogP contribution in [-0.4, -0.2) is 35.1 Å². The molecule has 0 aliphatic heterocycles. The SMILES string of the molecule is NC(=O)C[C@@H](NC(=O)NC1Cc2ccccc2C1)C(=O)O. The molecule has 0 saturated carbocycles. The van der Waals surface area contributed by atoms with Crippen molar-refractivity contribution in [2.24, 2.45) is 5.73 Å². The molecule has 1 aromatic carbocycles. The van der Waals surface area contributed by atoms with Crippen molar-refractivity contribution in [2.75, 3.05) is 0 Å². The molecular formula is C14H17N3O4. The Morgan fingerprint density at radius 2 is 1.81 bits per heavy atom. The number of aliphatic carboxylic acids is 1. The maximum absolute atomic E-state index is 11.8. The summed E-state index contributed by atoms with van der Waals surface area (Å²) in [5.41, 5.74) is 7.31. The third-order valence-corrected chi connectivity index (χ3v) is 3.39. The molecular weight excluding hydrogens is 274 g/mol. The third kappa shape index (κ3) is 3.95. The maximum atomic E-state index is 11.8. The van der Waals surface area contributed by atoms with Gasteiger partial charge in [0.15, 0.2) is 0 Å². The van der Waals surface area contributed by atoms with Crippen LogP contribution in [0.3, 0.4) is 0 Å². The van der Waals surface area contributed by atoms with Crippen molar-refractivity contribution in [1.82, 2.24) is 10.6 Å². The summed E-state index contributed by atoms with van der Waals surface area (Å²) in [6.07, 6.45) is 0.974. The van der Waals surface area contributed by atoms with Crippen molar-refractivity contribution in [3.8, 4) is 0 Å². The zero-order chi connectivity index (χ0) is 15.4. The van der Waals surface area contributed by atoms with Crippen LogP contribution in [0, 0.1) is 0 Å². The highest BCUT2D eigenvalue weighted by Crippen LogP contribution is 2.21. The van der Waals surface area contributed by atoms with Crippen LogP contribution in [0.15, 0.2) is 24.3 Å². The minimum atomic E-state index is -1.31. The number of nitrogens with two attached hydrogens (primary N) is 1. The summed E-state index contributed by atoms with van der Waals surface area (Å²) in [5.74, 6) is -2.07. The van der Waals surface area contributed by atoms with Crippen molar-refractivity contribution in [1.29, 1.82) is 0 Å². The van der Waals surface area contributed by atoms with Gasteiger partial charge in [0.25, 0.3) is 0 Å². The van der Waals surface area contributed by atoms with Crippen LogP contribution in [0.5, 0.6) is 0 Å². The molecule has 0 unspecified atom stereocenters. The van der Waals surface area contributed by atoms with E-state index >= 15 is 0 Å². The number of primary amides is 1. The fourth-order valence-corrected chi connectivity index (χ4v) is 2.45. The van der Waals surface area contributed by atoms with Crippen LogP contribution in [0.2, 0.25) is 0 Å². The number of hydrogen-bond donors (Lipinski definition) is 4. The van der Waals surface area contributed by atoms with E-state index in [9.17, 15) is 14.4 Å². The van der Waals surface area contributed by atoms with Crippen LogP contribution in [0.4, 0.5) is 4.79 Å². The molecule has 2 rings (SSSR count). The third-order valence-electron chi connectivity index (χ3n) is 3.39. The zero-order valence-corrected chi connectivity index (χ0v) is 11.3. The normalized spacial score (nSPS) is 15.0. The Balaban J connectivity index is 1.88. The minimum Gasteiger partial charge on any atom is -0.480 e. The number of amides is 3. The molecule has 0 saturated heterocycles. The average Bonchev–Trinajstić information content (AvgIpc) is 2.79. The Hall–Kier alpha value is -2.57. The first-order valence-corrected chi connectivity index (χ1v) is 6.60. The van der Waals surface area contributed by atoms with E-state index in [1.54, 1.807) is 0 Å². The quantitative estimate of drug-likeness (QED) is 0.599. The number of carbonyl (C=O) groups excluding carboxylic acids is 2. The molecule has 1 atom stereocenters. The molecule has 21 heavy (non-hydrogen) atoms. The van der Waals surface area contributed by atoms with Gasteiger partial charge in [-0.25, -0.2) is 9.59 Å². The fourth-order valence-electron chi connectivity index (χ4n) is 2.45. The first kappa shape index (κ1) is 14.8. The second kappa shape index (κ2) is 6.25. The predicted molar refractivity (Wildman–Crippen MR) is 74.5 cm³/mol. The number of nitrogens with one attached hydrogen (secondary N) is 2. The van der Waals surface area contributed by atoms with Gasteiger partial charge in [0.05, 0.1) is 6.42 Å². The molecule has 5 N–H and O–H groups in total. The Labute approximate surface area is 121 Å². The van der Waals surface area contributed by atoms with E-state index in [4.69, 9.17) is 10.8 Å². The van der Waals surface area contributed by atoms with Crippen LogP contribution in [0.25, 0.3) is 0 Å². The smallest absolute Gasteiger partial charge is 0.326 e. The van der Waals surface area contributed by atoms with E-state index < -0.39 is 30.4 Å². The first-order chi connectivity index (χ1) is 9.95. The van der Waals surface area contributed by atoms with Crippen molar-refractivity contribution >= 4 is 17.9 Å². The highest BCUT2D eigenvalue weighted by Gasteiger charge is 2.26. The summed E-state index contributed by atoms with van der Waals surface area (Å²) >= 11 is 0. The van der Waals surface area contributed by atoms with E-state index in [0.29, 0.717) is 12.8 Å². The monoisotopic (exact) mass is 291 g/mol. The molecule has 0 spiro atoms. The van der Waals surface area contributed by atoms with Crippen LogP contribution in [-0.2, 0) is 22.4 Å². The summed E-state index contributed by atoms with van der Waals surface area (Å²) in [7, 11) is 0. The molecule has 7 nitrogen and oxygen atoms in total. The summed E-state index contributed by atoms with van der Waals surface area (Å²) in [6, 6.07) is 5.88. The largest absolute Gasteiger partial charge is 0.480 e.